The second kappa shape index (κ2) is 12.9. The minimum atomic E-state index is -1.15. The number of ketones is 1. The van der Waals surface area contributed by atoms with Gasteiger partial charge >= 0.3 is 5.97 Å². The van der Waals surface area contributed by atoms with Crippen LogP contribution in [-0.4, -0.2) is 46.2 Å². The molecule has 9 nitrogen and oxygen atoms in total. The van der Waals surface area contributed by atoms with Crippen molar-refractivity contribution in [3.8, 4) is 0 Å². The molecule has 0 heterocycles. The topological polar surface area (TPSA) is 163 Å². The number of nitrogens with one attached hydrogen (secondary N) is 2. The van der Waals surface area contributed by atoms with Crippen molar-refractivity contribution in [2.75, 3.05) is 11.9 Å². The minimum Gasteiger partial charge on any atom is -0.480 e. The molecule has 34 heavy (non-hydrogen) atoms. The lowest BCUT2D eigenvalue weighted by atomic mass is 10.0. The zero-order chi connectivity index (χ0) is 25.3. The Hall–Kier alpha value is -3.14. The molecular formula is C23H27Cl2N5O4. The Labute approximate surface area is 207 Å². The molecular weight excluding hydrogens is 481 g/mol. The Kier molecular flexibility index (Phi) is 10.3. The first-order valence-corrected chi connectivity index (χ1v) is 11.2. The van der Waals surface area contributed by atoms with Gasteiger partial charge in [0.25, 0.3) is 0 Å². The van der Waals surface area contributed by atoms with Crippen molar-refractivity contribution in [3.05, 3.63) is 63.6 Å². The largest absolute Gasteiger partial charge is 0.480 e. The van der Waals surface area contributed by atoms with E-state index in [0.29, 0.717) is 22.2 Å². The molecule has 7 N–H and O–H groups in total. The van der Waals surface area contributed by atoms with E-state index >= 15 is 0 Å². The van der Waals surface area contributed by atoms with E-state index in [4.69, 9.17) is 45.2 Å². The number of guanidine groups is 1. The number of anilines is 1. The summed E-state index contributed by atoms with van der Waals surface area (Å²) < 4.78 is 0. The molecule has 1 atom stereocenters. The van der Waals surface area contributed by atoms with E-state index in [9.17, 15) is 14.4 Å². The average Bonchev–Trinajstić information content (AvgIpc) is 2.77. The van der Waals surface area contributed by atoms with Gasteiger partial charge in [0, 0.05) is 25.2 Å². The van der Waals surface area contributed by atoms with Crippen molar-refractivity contribution in [2.45, 2.75) is 38.3 Å². The van der Waals surface area contributed by atoms with Crippen LogP contribution in [0, 0.1) is 5.41 Å². The monoisotopic (exact) mass is 507 g/mol. The van der Waals surface area contributed by atoms with E-state index in [0.717, 1.165) is 16.2 Å². The number of nitrogens with zero attached hydrogens (tertiary/aromatic N) is 1. The fourth-order valence-electron chi connectivity index (χ4n) is 3.21. The number of para-hydroxylation sites is 1. The van der Waals surface area contributed by atoms with Gasteiger partial charge in [0.2, 0.25) is 5.91 Å². The molecule has 2 aromatic carbocycles. The molecule has 0 aliphatic carbocycles. The third-order valence-electron chi connectivity index (χ3n) is 5.03. The highest BCUT2D eigenvalue weighted by atomic mass is 35.5. The number of rotatable bonds is 12. The van der Waals surface area contributed by atoms with Crippen molar-refractivity contribution < 1.29 is 19.5 Å². The third-order valence-corrected chi connectivity index (χ3v) is 5.77. The molecule has 0 fully saturated rings. The number of benzene rings is 2. The van der Waals surface area contributed by atoms with E-state index in [1.807, 2.05) is 18.2 Å². The van der Waals surface area contributed by atoms with E-state index in [2.05, 4.69) is 5.32 Å². The lowest BCUT2D eigenvalue weighted by molar-refractivity contribution is -0.138. The second-order valence-corrected chi connectivity index (χ2v) is 8.48. The maximum atomic E-state index is 12.6. The summed E-state index contributed by atoms with van der Waals surface area (Å²) in [6, 6.07) is 11.5. The number of aliphatic carboxylic acids is 1. The molecule has 0 aromatic heterocycles. The molecule has 0 aliphatic rings. The molecule has 0 aliphatic heterocycles. The van der Waals surface area contributed by atoms with Crippen molar-refractivity contribution in [1.82, 2.24) is 4.90 Å². The average molecular weight is 508 g/mol. The number of halogens is 2. The summed E-state index contributed by atoms with van der Waals surface area (Å²) in [5.41, 5.74) is 13.3. The highest BCUT2D eigenvalue weighted by Crippen LogP contribution is 2.24. The highest BCUT2D eigenvalue weighted by molar-refractivity contribution is 6.42. The Morgan fingerprint density at radius 2 is 1.82 bits per heavy atom. The third kappa shape index (κ3) is 8.33. The zero-order valence-electron chi connectivity index (χ0n) is 18.4. The summed E-state index contributed by atoms with van der Waals surface area (Å²) in [6.07, 6.45) is -0.0930. The van der Waals surface area contributed by atoms with Gasteiger partial charge in [-0.3, -0.25) is 24.7 Å². The number of hydrogen-bond acceptors (Lipinski definition) is 6. The SMILES string of the molecule is N=C(N)N(CCCC(N)C(=O)O)C(=O)CC(=O)Cc1ccccc1NCc1ccc(Cl)c(Cl)c1. The zero-order valence-corrected chi connectivity index (χ0v) is 19.9. The molecule has 1 unspecified atom stereocenters. The Balaban J connectivity index is 1.96. The molecule has 0 saturated heterocycles. The van der Waals surface area contributed by atoms with Gasteiger partial charge < -0.3 is 21.9 Å². The number of carboxylic acid groups (broad SMARTS) is 1. The molecule has 11 heteroatoms. The van der Waals surface area contributed by atoms with Gasteiger partial charge in [-0.05, 0) is 42.2 Å². The number of carbonyl (C=O) groups is 3. The first-order chi connectivity index (χ1) is 16.1. The summed E-state index contributed by atoms with van der Waals surface area (Å²) in [6.45, 7) is 0.460. The quantitative estimate of drug-likeness (QED) is 0.167. The summed E-state index contributed by atoms with van der Waals surface area (Å²) in [5, 5.41) is 20.6. The molecule has 0 radical (unpaired) electrons. The van der Waals surface area contributed by atoms with Gasteiger partial charge in [0.05, 0.1) is 16.5 Å². The van der Waals surface area contributed by atoms with Gasteiger partial charge in [0.1, 0.15) is 11.8 Å². The lowest BCUT2D eigenvalue weighted by Gasteiger charge is -2.21. The van der Waals surface area contributed by atoms with E-state index < -0.39 is 30.3 Å². The van der Waals surface area contributed by atoms with Crippen molar-refractivity contribution in [2.24, 2.45) is 11.5 Å². The number of carboxylic acids is 1. The molecule has 0 saturated carbocycles. The summed E-state index contributed by atoms with van der Waals surface area (Å²) >= 11 is 12.0. The maximum Gasteiger partial charge on any atom is 0.320 e. The van der Waals surface area contributed by atoms with Crippen LogP contribution in [0.4, 0.5) is 5.69 Å². The first-order valence-electron chi connectivity index (χ1n) is 10.5. The fraction of sp³-hybridized carbons (Fsp3) is 0.304. The van der Waals surface area contributed by atoms with Crippen LogP contribution in [0.3, 0.4) is 0 Å². The lowest BCUT2D eigenvalue weighted by Crippen LogP contribution is -2.43. The van der Waals surface area contributed by atoms with Crippen LogP contribution in [0.25, 0.3) is 0 Å². The van der Waals surface area contributed by atoms with Crippen molar-refractivity contribution >= 4 is 52.5 Å². The smallest absolute Gasteiger partial charge is 0.320 e. The maximum absolute atomic E-state index is 12.6. The Bertz CT molecular complexity index is 1060. The summed E-state index contributed by atoms with van der Waals surface area (Å²) in [5.74, 6) is -2.63. The molecule has 2 aromatic rings. The molecule has 2 rings (SSSR count). The minimum absolute atomic E-state index is 0.00419. The van der Waals surface area contributed by atoms with Gasteiger partial charge in [-0.15, -0.1) is 0 Å². The molecule has 182 valence electrons. The first kappa shape index (κ1) is 27.1. The molecule has 0 spiro atoms. The van der Waals surface area contributed by atoms with Crippen LogP contribution in [0.5, 0.6) is 0 Å². The fourth-order valence-corrected chi connectivity index (χ4v) is 3.53. The van der Waals surface area contributed by atoms with Crippen LogP contribution in [0.2, 0.25) is 10.0 Å². The molecule has 0 bridgehead atoms. The standard InChI is InChI=1S/C23H27Cl2N5O4/c24-17-8-7-14(10-18(17)25)13-29-20-6-2-1-4-15(20)11-16(31)12-21(32)30(23(27)28)9-3-5-19(26)22(33)34/h1-2,4,6-8,10,19,29H,3,5,9,11-13,26H2,(H3,27,28)(H,33,34). The predicted octanol–water partition coefficient (Wildman–Crippen LogP) is 3.02. The number of Topliss-reactive ketones (excluding diaryl/α,β-unsaturated/α-hetero) is 1. The van der Waals surface area contributed by atoms with E-state index in [1.165, 1.54) is 0 Å². The number of carbonyl (C=O) groups excluding carboxylic acids is 2. The van der Waals surface area contributed by atoms with Crippen LogP contribution in [0.15, 0.2) is 42.5 Å². The van der Waals surface area contributed by atoms with Gasteiger partial charge in [-0.2, -0.15) is 0 Å². The number of amides is 1. The van der Waals surface area contributed by atoms with Crippen LogP contribution in [-0.2, 0) is 27.3 Å². The van der Waals surface area contributed by atoms with Crippen molar-refractivity contribution in [3.63, 3.8) is 0 Å². The Morgan fingerprint density at radius 1 is 1.12 bits per heavy atom. The summed E-state index contributed by atoms with van der Waals surface area (Å²) in [4.78, 5) is 36.9. The second-order valence-electron chi connectivity index (χ2n) is 7.67. The van der Waals surface area contributed by atoms with Crippen LogP contribution < -0.4 is 16.8 Å². The van der Waals surface area contributed by atoms with Gasteiger partial charge in [0.15, 0.2) is 5.96 Å². The normalized spacial score (nSPS) is 11.5. The number of hydrogen-bond donors (Lipinski definition) is 5. The molecule has 1 amide bonds. The van der Waals surface area contributed by atoms with Crippen LogP contribution in [0.1, 0.15) is 30.4 Å². The van der Waals surface area contributed by atoms with Crippen molar-refractivity contribution in [1.29, 1.82) is 5.41 Å². The van der Waals surface area contributed by atoms with Gasteiger partial charge in [-0.25, -0.2) is 0 Å². The van der Waals surface area contributed by atoms with Crippen LogP contribution >= 0.6 is 23.2 Å². The van der Waals surface area contributed by atoms with E-state index in [1.54, 1.807) is 24.3 Å². The summed E-state index contributed by atoms with van der Waals surface area (Å²) in [7, 11) is 0. The van der Waals surface area contributed by atoms with E-state index in [-0.39, 0.29) is 31.6 Å². The highest BCUT2D eigenvalue weighted by Gasteiger charge is 2.21. The number of nitrogens with two attached hydrogens (primary N) is 2. The predicted molar refractivity (Wildman–Crippen MR) is 132 cm³/mol. The Morgan fingerprint density at radius 3 is 2.47 bits per heavy atom. The van der Waals surface area contributed by atoms with Gasteiger partial charge in [-0.1, -0.05) is 47.5 Å².